The van der Waals surface area contributed by atoms with Gasteiger partial charge in [-0.05, 0) is 13.7 Å². The first-order valence-corrected chi connectivity index (χ1v) is 2.41. The number of aromatic amines is 2. The number of H-pyrrole nitrogens is 2. The summed E-state index contributed by atoms with van der Waals surface area (Å²) >= 11 is 0. The van der Waals surface area contributed by atoms with Crippen molar-refractivity contribution in [3.8, 4) is 0 Å². The minimum absolute atomic E-state index is 0.846. The Balaban J connectivity index is 3.72. The van der Waals surface area contributed by atoms with Gasteiger partial charge in [0.15, 0.2) is 0 Å². The first-order valence-electron chi connectivity index (χ1n) is 5.41. The van der Waals surface area contributed by atoms with Gasteiger partial charge in [0.2, 0.25) is 0 Å². The highest BCUT2D eigenvalue weighted by molar-refractivity contribution is 5.11. The zero-order chi connectivity index (χ0) is 12.7. The second-order valence-corrected chi connectivity index (χ2v) is 1.66. The van der Waals surface area contributed by atoms with Crippen LogP contribution in [0, 0.1) is 13.7 Å². The molecule has 4 heteroatoms. The minimum atomic E-state index is -2.90. The van der Waals surface area contributed by atoms with Crippen LogP contribution >= 0.6 is 0 Å². The van der Waals surface area contributed by atoms with E-state index in [9.17, 15) is 9.59 Å². The summed E-state index contributed by atoms with van der Waals surface area (Å²) in [5.41, 5.74) is -4.02. The van der Waals surface area contributed by atoms with Crippen LogP contribution in [-0.4, -0.2) is 9.97 Å². The fourth-order valence-electron chi connectivity index (χ4n) is 0.486. The fraction of sp³-hybridized carbons (Fsp3) is 0.333. The summed E-state index contributed by atoms with van der Waals surface area (Å²) in [5.74, 6) is 0. The molecule has 0 radical (unpaired) electrons. The lowest BCUT2D eigenvalue weighted by Crippen LogP contribution is -2.25. The number of hydrogen-bond donors (Lipinski definition) is 2. The Morgan fingerprint density at radius 1 is 1.30 bits per heavy atom. The minimum Gasteiger partial charge on any atom is -0.311 e. The van der Waals surface area contributed by atoms with Crippen molar-refractivity contribution in [3.63, 3.8) is 0 Å². The van der Waals surface area contributed by atoms with Crippen molar-refractivity contribution in [2.45, 2.75) is 13.7 Å². The Hall–Kier alpha value is -1.32. The highest BCUT2D eigenvalue weighted by Gasteiger charge is 1.96. The summed E-state index contributed by atoms with van der Waals surface area (Å²) in [7, 11) is 0. The van der Waals surface area contributed by atoms with Gasteiger partial charge in [-0.1, -0.05) is 0 Å². The molecule has 0 aliphatic rings. The molecule has 1 rings (SSSR count). The molecule has 54 valence electrons. The van der Waals surface area contributed by atoms with Crippen molar-refractivity contribution in [2.75, 3.05) is 0 Å². The first kappa shape index (κ1) is 2.38. The van der Waals surface area contributed by atoms with Gasteiger partial charge in [0.25, 0.3) is 5.56 Å². The Morgan fingerprint density at radius 2 is 2.10 bits per heavy atom. The van der Waals surface area contributed by atoms with Crippen LogP contribution < -0.4 is 11.2 Å². The van der Waals surface area contributed by atoms with Gasteiger partial charge in [0.1, 0.15) is 0 Å². The molecule has 0 aliphatic carbocycles. The van der Waals surface area contributed by atoms with E-state index in [1.165, 1.54) is 0 Å². The monoisotopic (exact) mass is 146 g/mol. The molecule has 10 heavy (non-hydrogen) atoms. The van der Waals surface area contributed by atoms with E-state index < -0.39 is 36.2 Å². The smallest absolute Gasteiger partial charge is 0.311 e. The highest BCUT2D eigenvalue weighted by atomic mass is 16.2. The summed E-state index contributed by atoms with van der Waals surface area (Å²) in [6, 6.07) is 0. The summed E-state index contributed by atoms with van der Waals surface area (Å²) < 4.78 is 42.3. The third-order valence-corrected chi connectivity index (χ3v) is 0.943. The molecule has 1 aromatic heterocycles. The Kier molecular flexibility index (Phi) is 0.506. The average Bonchev–Trinajstić information content (AvgIpc) is 1.97. The number of nitrogens with one attached hydrogen (secondary N) is 2. The average molecular weight is 146 g/mol. The third-order valence-electron chi connectivity index (χ3n) is 0.943. The summed E-state index contributed by atoms with van der Waals surface area (Å²) in [6.45, 7) is -5.77. The molecule has 0 fully saturated rings. The van der Waals surface area contributed by atoms with Crippen LogP contribution in [0.25, 0.3) is 0 Å². The lowest BCUT2D eigenvalue weighted by molar-refractivity contribution is 0.963. The number of aromatic nitrogens is 2. The van der Waals surface area contributed by atoms with Crippen molar-refractivity contribution in [2.24, 2.45) is 0 Å². The van der Waals surface area contributed by atoms with Gasteiger partial charge in [0.05, 0.1) is 0 Å². The fourth-order valence-corrected chi connectivity index (χ4v) is 0.486. The van der Waals surface area contributed by atoms with Crippen molar-refractivity contribution in [1.29, 1.82) is 0 Å². The molecule has 0 bridgehead atoms. The van der Waals surface area contributed by atoms with Crippen LogP contribution in [0.2, 0.25) is 0 Å². The predicted molar refractivity (Wildman–Crippen MR) is 37.2 cm³/mol. The van der Waals surface area contributed by atoms with Gasteiger partial charge < -0.3 is 4.98 Å². The van der Waals surface area contributed by atoms with Crippen LogP contribution in [0.5, 0.6) is 0 Å². The largest absolute Gasteiger partial charge is 0.325 e. The molecular weight excluding hydrogens is 132 g/mol. The maximum atomic E-state index is 11.3. The van der Waals surface area contributed by atoms with Crippen molar-refractivity contribution in [1.82, 2.24) is 9.97 Å². The molecule has 0 saturated heterocycles. The molecule has 0 spiro atoms. The molecule has 0 aliphatic heterocycles. The molecule has 1 aromatic rings. The van der Waals surface area contributed by atoms with Gasteiger partial charge in [-0.25, -0.2) is 4.79 Å². The van der Waals surface area contributed by atoms with Crippen LogP contribution in [0.1, 0.15) is 19.5 Å². The van der Waals surface area contributed by atoms with E-state index in [0.29, 0.717) is 0 Å². The van der Waals surface area contributed by atoms with E-state index in [2.05, 4.69) is 0 Å². The molecule has 2 N–H and O–H groups in total. The molecule has 0 aromatic carbocycles. The van der Waals surface area contributed by atoms with Gasteiger partial charge >= 0.3 is 5.69 Å². The zero-order valence-electron chi connectivity index (χ0n) is 10.8. The molecule has 0 saturated carbocycles. The SMILES string of the molecule is [2H]C([2H])([2H])c1[nH]c(=O)[nH]c(=O)c1C([2H])([2H])[2H]. The molecule has 4 nitrogen and oxygen atoms in total. The zero-order valence-corrected chi connectivity index (χ0v) is 4.82. The summed E-state index contributed by atoms with van der Waals surface area (Å²) in [5, 5.41) is 0. The van der Waals surface area contributed by atoms with Crippen molar-refractivity contribution >= 4 is 0 Å². The second-order valence-electron chi connectivity index (χ2n) is 1.66. The molecule has 1 heterocycles. The Morgan fingerprint density at radius 3 is 2.70 bits per heavy atom. The molecule has 0 unspecified atom stereocenters. The van der Waals surface area contributed by atoms with Gasteiger partial charge in [-0.2, -0.15) is 0 Å². The molecular formula is C6H8N2O2. The Bertz CT molecular complexity index is 507. The van der Waals surface area contributed by atoms with Crippen LogP contribution in [0.4, 0.5) is 0 Å². The first-order chi connectivity index (χ1) is 7.03. The van der Waals surface area contributed by atoms with E-state index in [-0.39, 0.29) is 0 Å². The lowest BCUT2D eigenvalue weighted by atomic mass is 10.3. The van der Waals surface area contributed by atoms with Gasteiger partial charge in [0, 0.05) is 19.5 Å². The quantitative estimate of drug-likeness (QED) is 0.526. The van der Waals surface area contributed by atoms with Crippen molar-refractivity contribution in [3.05, 3.63) is 32.1 Å². The molecule has 0 atom stereocenters. The van der Waals surface area contributed by atoms with Crippen LogP contribution in [0.3, 0.4) is 0 Å². The summed E-state index contributed by atoms with van der Waals surface area (Å²) in [6.07, 6.45) is 0. The number of rotatable bonds is 0. The standard InChI is InChI=1S/C6H8N2O2/c1-3-4(2)7-6(10)8-5(3)9/h1-2H3,(H2,7,8,9,10)/i1D3,2D3. The third kappa shape index (κ3) is 1.00. The lowest BCUT2D eigenvalue weighted by Gasteiger charge is -1.93. The van der Waals surface area contributed by atoms with Crippen LogP contribution in [0.15, 0.2) is 9.59 Å². The number of hydrogen-bond acceptors (Lipinski definition) is 2. The van der Waals surface area contributed by atoms with Gasteiger partial charge in [-0.3, -0.25) is 9.78 Å². The van der Waals surface area contributed by atoms with Crippen molar-refractivity contribution < 1.29 is 8.22 Å². The predicted octanol–water partition coefficient (Wildman–Crippen LogP) is -0.320. The highest BCUT2D eigenvalue weighted by Crippen LogP contribution is 1.88. The van der Waals surface area contributed by atoms with E-state index in [1.807, 2.05) is 4.98 Å². The van der Waals surface area contributed by atoms with E-state index in [4.69, 9.17) is 8.22 Å². The van der Waals surface area contributed by atoms with Crippen LogP contribution in [-0.2, 0) is 0 Å². The maximum absolute atomic E-state index is 11.3. The Labute approximate surface area is 65.4 Å². The molecule has 0 amide bonds. The van der Waals surface area contributed by atoms with Gasteiger partial charge in [-0.15, -0.1) is 0 Å². The summed E-state index contributed by atoms with van der Waals surface area (Å²) in [4.78, 5) is 25.7. The second kappa shape index (κ2) is 2.13. The number of aryl methyl sites for hydroxylation is 1. The van der Waals surface area contributed by atoms with E-state index in [1.54, 1.807) is 4.98 Å². The maximum Gasteiger partial charge on any atom is 0.325 e. The topological polar surface area (TPSA) is 65.7 Å². The van der Waals surface area contributed by atoms with E-state index >= 15 is 0 Å². The normalized spacial score (nSPS) is 21.2. The van der Waals surface area contributed by atoms with E-state index in [0.717, 1.165) is 0 Å².